The Bertz CT molecular complexity index is 4610. The summed E-state index contributed by atoms with van der Waals surface area (Å²) in [4.78, 5) is 12.7. The molecule has 100 heavy (non-hydrogen) atoms. The summed E-state index contributed by atoms with van der Waals surface area (Å²) in [5.41, 5.74) is -26.7. The van der Waals surface area contributed by atoms with Gasteiger partial charge in [-0.15, -0.1) is 0 Å². The van der Waals surface area contributed by atoms with Crippen LogP contribution in [0, 0.1) is 13.8 Å². The Morgan fingerprint density at radius 2 is 0.430 bits per heavy atom. The van der Waals surface area contributed by atoms with Crippen molar-refractivity contribution in [3.8, 4) is 67.3 Å². The van der Waals surface area contributed by atoms with E-state index >= 15 is 13.2 Å². The molecule has 0 N–H and O–H groups in total. The Morgan fingerprint density at radius 1 is 0.220 bits per heavy atom. The number of rotatable bonds is 7. The molecule has 518 valence electrons. The number of halogens is 27. The minimum atomic E-state index is -5.78. The average Bonchev–Trinajstić information content (AvgIpc) is 1.54. The van der Waals surface area contributed by atoms with E-state index < -0.39 is 217 Å². The molecule has 3 heterocycles. The predicted molar refractivity (Wildman–Crippen MR) is 310 cm³/mol. The summed E-state index contributed by atoms with van der Waals surface area (Å²) in [5.74, 6) is -0.656. The van der Waals surface area contributed by atoms with Gasteiger partial charge in [-0.3, -0.25) is 0 Å². The van der Waals surface area contributed by atoms with E-state index in [1.807, 2.05) is 0 Å². The van der Waals surface area contributed by atoms with Crippen molar-refractivity contribution >= 4 is 43.6 Å². The van der Waals surface area contributed by atoms with Crippen LogP contribution in [0.4, 0.5) is 119 Å². The Hall–Kier alpha value is -10.3. The maximum Gasteiger partial charge on any atom is 0.420 e. The van der Waals surface area contributed by atoms with Crippen LogP contribution >= 0.6 is 0 Å². The molecule has 0 atom stereocenters. The second kappa shape index (κ2) is 23.1. The Kier molecular flexibility index (Phi) is 16.1. The summed E-state index contributed by atoms with van der Waals surface area (Å²) in [6, 6.07) is 13.3. The van der Waals surface area contributed by atoms with Crippen LogP contribution in [0.5, 0.6) is 0 Å². The van der Waals surface area contributed by atoms with Crippen molar-refractivity contribution in [1.82, 2.24) is 24.1 Å². The first-order valence-electron chi connectivity index (χ1n) is 28.3. The van der Waals surface area contributed by atoms with E-state index in [1.165, 1.54) is 13.8 Å². The van der Waals surface area contributed by atoms with Gasteiger partial charge in [-0.2, -0.15) is 119 Å². The van der Waals surface area contributed by atoms with Crippen LogP contribution in [0.2, 0.25) is 0 Å². The molecule has 0 aliphatic rings. The van der Waals surface area contributed by atoms with E-state index in [1.54, 1.807) is 0 Å². The first-order chi connectivity index (χ1) is 46.0. The fourth-order valence-corrected chi connectivity index (χ4v) is 11.9. The van der Waals surface area contributed by atoms with E-state index in [4.69, 9.17) is 0 Å². The lowest BCUT2D eigenvalue weighted by molar-refractivity contribution is -0.144. The number of aromatic nitrogens is 5. The van der Waals surface area contributed by atoms with Crippen LogP contribution in [0.15, 0.2) is 158 Å². The quantitative estimate of drug-likeness (QED) is 0.149. The third-order valence-corrected chi connectivity index (χ3v) is 16.2. The number of benzene rings is 9. The van der Waals surface area contributed by atoms with Gasteiger partial charge in [0, 0.05) is 27.1 Å². The highest BCUT2D eigenvalue weighted by Crippen LogP contribution is 2.51. The largest absolute Gasteiger partial charge is 0.420 e. The highest BCUT2D eigenvalue weighted by molar-refractivity contribution is 6.14. The van der Waals surface area contributed by atoms with Gasteiger partial charge in [-0.25, -0.2) is 15.0 Å². The van der Waals surface area contributed by atoms with Gasteiger partial charge < -0.3 is 9.13 Å². The molecule has 0 aliphatic carbocycles. The van der Waals surface area contributed by atoms with Crippen molar-refractivity contribution in [2.24, 2.45) is 0 Å². The molecule has 32 heteroatoms. The third-order valence-electron chi connectivity index (χ3n) is 16.2. The number of hydrogen-bond acceptors (Lipinski definition) is 3. The maximum absolute atomic E-state index is 17.2. The lowest BCUT2D eigenvalue weighted by atomic mass is 9.96. The molecule has 5 nitrogen and oxygen atoms in total. The number of nitrogens with zero attached hydrogens (tertiary/aromatic N) is 5. The van der Waals surface area contributed by atoms with Crippen molar-refractivity contribution in [3.63, 3.8) is 0 Å². The summed E-state index contributed by atoms with van der Waals surface area (Å²) >= 11 is 0. The lowest BCUT2D eigenvalue weighted by Crippen LogP contribution is -2.16. The van der Waals surface area contributed by atoms with Crippen LogP contribution in [-0.2, 0) is 55.6 Å². The zero-order valence-corrected chi connectivity index (χ0v) is 49.5. The zero-order chi connectivity index (χ0) is 73.1. The first kappa shape index (κ1) is 69.6. The van der Waals surface area contributed by atoms with E-state index in [0.717, 1.165) is 94.1 Å². The van der Waals surface area contributed by atoms with E-state index in [2.05, 4.69) is 15.0 Å². The summed E-state index contributed by atoms with van der Waals surface area (Å²) in [6.45, 7) is 2.62. The average molecular weight is 1430 g/mol. The fraction of sp³-hybridized carbons (Fsp3) is 0.162. The molecular formula is C68H32F27N5. The van der Waals surface area contributed by atoms with Crippen molar-refractivity contribution in [2.75, 3.05) is 0 Å². The van der Waals surface area contributed by atoms with Gasteiger partial charge >= 0.3 is 55.6 Å². The molecule has 0 saturated heterocycles. The summed E-state index contributed by atoms with van der Waals surface area (Å²) in [5, 5.41) is -1.84. The smallest absolute Gasteiger partial charge is 0.309 e. The normalized spacial score (nSPS) is 13.4. The van der Waals surface area contributed by atoms with Gasteiger partial charge in [0.15, 0.2) is 5.82 Å². The van der Waals surface area contributed by atoms with Crippen molar-refractivity contribution in [1.29, 1.82) is 0 Å². The molecule has 12 aromatic rings. The molecule has 0 unspecified atom stereocenters. The van der Waals surface area contributed by atoms with Gasteiger partial charge in [0.05, 0.1) is 77.9 Å². The molecular weight excluding hydrogens is 1400 g/mol. The molecule has 9 aromatic carbocycles. The molecule has 0 amide bonds. The minimum Gasteiger partial charge on any atom is -0.309 e. The van der Waals surface area contributed by atoms with Crippen LogP contribution in [0.25, 0.3) is 111 Å². The number of aryl methyl sites for hydroxylation is 2. The SMILES string of the molecule is Cc1nc(C)nc(-c2cc(-n3c4ccc(-c5cc(C(F)(F)F)cc(C(F)(F)F)c5)cc4c4cc(-c5cc(C(F)(F)F)cc(C(F)(F)F)c5)ccc43)c(C(F)(F)F)c(-n3c4ccc(-c5cc(C(F)(F)F)cc(C(F)(F)F)c5)cc4c4cc(-c5cc(C(F)(F)F)cc(C(F)(F)F)c5)ccc43)c2)n1. The van der Waals surface area contributed by atoms with Gasteiger partial charge in [0.2, 0.25) is 0 Å². The summed E-state index contributed by atoms with van der Waals surface area (Å²) in [7, 11) is 0. The number of hydrogen-bond donors (Lipinski definition) is 0. The molecule has 0 aliphatic heterocycles. The van der Waals surface area contributed by atoms with Crippen LogP contribution in [-0.4, -0.2) is 24.1 Å². The first-order valence-corrected chi connectivity index (χ1v) is 28.3. The molecule has 0 radical (unpaired) electrons. The number of alkyl halides is 27. The third kappa shape index (κ3) is 13.2. The van der Waals surface area contributed by atoms with E-state index in [0.29, 0.717) is 0 Å². The molecule has 0 saturated carbocycles. The van der Waals surface area contributed by atoms with Gasteiger partial charge in [-0.1, -0.05) is 24.3 Å². The monoisotopic (exact) mass is 1430 g/mol. The second-order valence-corrected chi connectivity index (χ2v) is 22.9. The van der Waals surface area contributed by atoms with Crippen molar-refractivity contribution in [3.05, 3.63) is 219 Å². The molecule has 12 rings (SSSR count). The Labute approximate surface area is 541 Å². The van der Waals surface area contributed by atoms with Gasteiger partial charge in [0.1, 0.15) is 17.2 Å². The lowest BCUT2D eigenvalue weighted by Gasteiger charge is -2.23. The van der Waals surface area contributed by atoms with Crippen LogP contribution in [0.1, 0.15) is 61.7 Å². The molecule has 0 spiro atoms. The van der Waals surface area contributed by atoms with Crippen molar-refractivity contribution < 1.29 is 119 Å². The van der Waals surface area contributed by atoms with Gasteiger partial charge in [0.25, 0.3) is 0 Å². The Balaban J connectivity index is 1.23. The van der Waals surface area contributed by atoms with Crippen LogP contribution < -0.4 is 0 Å². The number of fused-ring (bicyclic) bond motifs is 6. The predicted octanol–water partition coefficient (Wildman–Crippen LogP) is 24.2. The van der Waals surface area contributed by atoms with Crippen LogP contribution in [0.3, 0.4) is 0 Å². The maximum atomic E-state index is 17.2. The Morgan fingerprint density at radius 3 is 0.620 bits per heavy atom. The second-order valence-electron chi connectivity index (χ2n) is 22.9. The minimum absolute atomic E-state index is 0.0996. The zero-order valence-electron chi connectivity index (χ0n) is 49.5. The molecule has 0 bridgehead atoms. The van der Waals surface area contributed by atoms with E-state index in [-0.39, 0.29) is 84.4 Å². The standard InChI is InChI=1S/C68H32F27N5/c1-29-96-30(2)98-59(97-29)39-23-56(99-52-7-3-31(35-11-40(60(69,70)71)25-41(12-35)61(72,73)74)19-48(52)49-20-32(4-8-53(49)99)36-13-42(62(75,76)77)26-43(14-36)63(78,79)80)58(68(93,94)95)57(24-39)100-54-9-5-33(37-15-44(64(81,82)83)27-45(16-37)65(84,85)86)21-50(54)51-22-34(6-10-55(51)100)38-17-46(66(87,88)89)28-47(18-38)67(90,91)92/h3-28H,1-2H3. The summed E-state index contributed by atoms with van der Waals surface area (Å²) < 4.78 is 398. The van der Waals surface area contributed by atoms with Gasteiger partial charge in [-0.05, 0) is 192 Å². The van der Waals surface area contributed by atoms with Crippen molar-refractivity contribution in [2.45, 2.75) is 69.4 Å². The fourth-order valence-electron chi connectivity index (χ4n) is 11.9. The highest BCUT2D eigenvalue weighted by atomic mass is 19.4. The van der Waals surface area contributed by atoms with E-state index in [9.17, 15) is 105 Å². The highest BCUT2D eigenvalue weighted by Gasteiger charge is 2.44. The summed E-state index contributed by atoms with van der Waals surface area (Å²) in [6.07, 6.45) is -49.5. The topological polar surface area (TPSA) is 48.5 Å². The molecule has 3 aromatic heterocycles. The molecule has 0 fully saturated rings.